The molecule has 1 unspecified atom stereocenters. The molecule has 2 aromatic carbocycles. The molecular formula is C24H20BrNO6. The number of Topliss-reactive ketones (excluding diaryl/α,β-unsaturated/α-hetero) is 1. The maximum Gasteiger partial charge on any atom is 0.290 e. The number of amides is 1. The van der Waals surface area contributed by atoms with Crippen LogP contribution in [0, 0.1) is 0 Å². The Morgan fingerprint density at radius 1 is 1.12 bits per heavy atom. The summed E-state index contributed by atoms with van der Waals surface area (Å²) in [6, 6.07) is 11.6. The van der Waals surface area contributed by atoms with Crippen molar-refractivity contribution in [1.82, 2.24) is 4.90 Å². The lowest BCUT2D eigenvalue weighted by molar-refractivity contribution is -0.129. The van der Waals surface area contributed by atoms with E-state index >= 15 is 0 Å². The molecule has 2 aliphatic heterocycles. The van der Waals surface area contributed by atoms with E-state index in [1.807, 2.05) is 19.1 Å². The molecule has 8 heteroatoms. The lowest BCUT2D eigenvalue weighted by atomic mass is 9.94. The largest absolute Gasteiger partial charge is 0.503 e. The summed E-state index contributed by atoms with van der Waals surface area (Å²) in [5, 5.41) is 11.5. The van der Waals surface area contributed by atoms with E-state index in [-0.39, 0.29) is 11.3 Å². The van der Waals surface area contributed by atoms with Gasteiger partial charge in [-0.3, -0.25) is 9.59 Å². The van der Waals surface area contributed by atoms with E-state index in [4.69, 9.17) is 13.9 Å². The van der Waals surface area contributed by atoms with Gasteiger partial charge in [-0.05, 0) is 48.4 Å². The first-order valence-corrected chi connectivity index (χ1v) is 11.1. The number of furan rings is 1. The SMILES string of the molecule is CCCN1C(=O)C(O)=C(C(=O)c2cc3cc(Br)ccc3o2)C1c1ccc2c(c1)OCCO2. The van der Waals surface area contributed by atoms with E-state index in [0.29, 0.717) is 48.8 Å². The Bertz CT molecular complexity index is 1280. The average molecular weight is 498 g/mol. The van der Waals surface area contributed by atoms with E-state index in [0.717, 1.165) is 9.86 Å². The number of nitrogens with zero attached hydrogens (tertiary/aromatic N) is 1. The fraction of sp³-hybridized carbons (Fsp3) is 0.250. The highest BCUT2D eigenvalue weighted by molar-refractivity contribution is 9.10. The van der Waals surface area contributed by atoms with Gasteiger partial charge < -0.3 is 23.9 Å². The van der Waals surface area contributed by atoms with Crippen molar-refractivity contribution in [1.29, 1.82) is 0 Å². The Kier molecular flexibility index (Phi) is 5.17. The minimum Gasteiger partial charge on any atom is -0.503 e. The third-order valence-corrected chi connectivity index (χ3v) is 6.09. The van der Waals surface area contributed by atoms with Gasteiger partial charge in [0, 0.05) is 16.4 Å². The van der Waals surface area contributed by atoms with Crippen LogP contribution in [0.5, 0.6) is 11.5 Å². The maximum atomic E-state index is 13.5. The van der Waals surface area contributed by atoms with Crippen LogP contribution in [-0.2, 0) is 4.79 Å². The molecule has 164 valence electrons. The fourth-order valence-electron chi connectivity index (χ4n) is 4.19. The fourth-order valence-corrected chi connectivity index (χ4v) is 4.57. The normalized spacial score (nSPS) is 18.0. The van der Waals surface area contributed by atoms with Gasteiger partial charge in [-0.15, -0.1) is 0 Å². The molecule has 1 aromatic heterocycles. The molecule has 0 fully saturated rings. The van der Waals surface area contributed by atoms with Crippen LogP contribution in [0.15, 0.2) is 62.7 Å². The maximum absolute atomic E-state index is 13.5. The number of fused-ring (bicyclic) bond motifs is 2. The van der Waals surface area contributed by atoms with Crippen molar-refractivity contribution in [3.63, 3.8) is 0 Å². The first-order chi connectivity index (χ1) is 15.5. The molecule has 0 spiro atoms. The van der Waals surface area contributed by atoms with Gasteiger partial charge in [0.25, 0.3) is 5.91 Å². The minimum absolute atomic E-state index is 0.00162. The number of ketones is 1. The summed E-state index contributed by atoms with van der Waals surface area (Å²) in [6.45, 7) is 3.19. The van der Waals surface area contributed by atoms with Gasteiger partial charge in [-0.1, -0.05) is 28.9 Å². The van der Waals surface area contributed by atoms with Crippen LogP contribution in [0.2, 0.25) is 0 Å². The van der Waals surface area contributed by atoms with Gasteiger partial charge in [0.1, 0.15) is 18.8 Å². The number of hydrogen-bond donors (Lipinski definition) is 1. The summed E-state index contributed by atoms with van der Waals surface area (Å²) in [7, 11) is 0. The van der Waals surface area contributed by atoms with Gasteiger partial charge in [0.05, 0.1) is 11.6 Å². The number of carbonyl (C=O) groups is 2. The second-order valence-corrected chi connectivity index (χ2v) is 8.60. The van der Waals surface area contributed by atoms with Gasteiger partial charge in [0.2, 0.25) is 5.78 Å². The van der Waals surface area contributed by atoms with Crippen molar-refractivity contribution in [2.24, 2.45) is 0 Å². The molecule has 1 amide bonds. The Hall–Kier alpha value is -3.26. The topological polar surface area (TPSA) is 89.2 Å². The molecule has 7 nitrogen and oxygen atoms in total. The van der Waals surface area contributed by atoms with E-state index < -0.39 is 23.5 Å². The highest BCUT2D eigenvalue weighted by atomic mass is 79.9. The van der Waals surface area contributed by atoms with Crippen LogP contribution < -0.4 is 9.47 Å². The van der Waals surface area contributed by atoms with Crippen LogP contribution >= 0.6 is 15.9 Å². The summed E-state index contributed by atoms with van der Waals surface area (Å²) >= 11 is 3.41. The molecule has 1 N–H and O–H groups in total. The molecule has 3 heterocycles. The first-order valence-electron chi connectivity index (χ1n) is 10.4. The second-order valence-electron chi connectivity index (χ2n) is 7.69. The molecule has 2 aliphatic rings. The smallest absolute Gasteiger partial charge is 0.290 e. The standard InChI is InChI=1S/C24H20BrNO6/c1-2-7-26-21(13-3-5-17-18(11-13)31-9-8-30-17)20(23(28)24(26)29)22(27)19-12-14-10-15(25)4-6-16(14)32-19/h3-6,10-12,21,28H,2,7-9H2,1H3. The Morgan fingerprint density at radius 3 is 2.69 bits per heavy atom. The number of hydrogen-bond acceptors (Lipinski definition) is 6. The molecule has 3 aromatic rings. The molecular weight excluding hydrogens is 478 g/mol. The second kappa shape index (κ2) is 8.02. The first kappa shape index (κ1) is 20.6. The number of halogens is 1. The zero-order valence-electron chi connectivity index (χ0n) is 17.3. The van der Waals surface area contributed by atoms with Crippen molar-refractivity contribution in [3.05, 3.63) is 69.6 Å². The number of aliphatic hydroxyl groups is 1. The van der Waals surface area contributed by atoms with Gasteiger partial charge >= 0.3 is 0 Å². The summed E-state index contributed by atoms with van der Waals surface area (Å²) < 4.78 is 17.9. The molecule has 0 aliphatic carbocycles. The lowest BCUT2D eigenvalue weighted by Gasteiger charge is -2.27. The van der Waals surface area contributed by atoms with Crippen LogP contribution in [0.25, 0.3) is 11.0 Å². The van der Waals surface area contributed by atoms with Crippen LogP contribution in [-0.4, -0.2) is 41.5 Å². The predicted octanol–water partition coefficient (Wildman–Crippen LogP) is 4.95. The number of rotatable bonds is 5. The van der Waals surface area contributed by atoms with Crippen molar-refractivity contribution in [2.75, 3.05) is 19.8 Å². The number of ether oxygens (including phenoxy) is 2. The van der Waals surface area contributed by atoms with Crippen LogP contribution in [0.4, 0.5) is 0 Å². The summed E-state index contributed by atoms with van der Waals surface area (Å²) in [4.78, 5) is 27.9. The number of carbonyl (C=O) groups excluding carboxylic acids is 2. The Labute approximate surface area is 192 Å². The minimum atomic E-state index is -0.759. The van der Waals surface area contributed by atoms with Gasteiger partial charge in [-0.25, -0.2) is 0 Å². The molecule has 32 heavy (non-hydrogen) atoms. The number of benzene rings is 2. The van der Waals surface area contributed by atoms with Crippen molar-refractivity contribution in [3.8, 4) is 11.5 Å². The van der Waals surface area contributed by atoms with Crippen molar-refractivity contribution < 1.29 is 28.6 Å². The lowest BCUT2D eigenvalue weighted by Crippen LogP contribution is -2.32. The monoisotopic (exact) mass is 497 g/mol. The average Bonchev–Trinajstić information content (AvgIpc) is 3.32. The predicted molar refractivity (Wildman–Crippen MR) is 120 cm³/mol. The molecule has 0 saturated heterocycles. The summed E-state index contributed by atoms with van der Waals surface area (Å²) in [5.41, 5.74) is 1.20. The summed E-state index contributed by atoms with van der Waals surface area (Å²) in [5.74, 6) is -0.436. The molecule has 0 radical (unpaired) electrons. The third-order valence-electron chi connectivity index (χ3n) is 5.60. The Balaban J connectivity index is 1.60. The third kappa shape index (κ3) is 3.35. The quantitative estimate of drug-likeness (QED) is 0.501. The van der Waals surface area contributed by atoms with Crippen LogP contribution in [0.1, 0.15) is 35.5 Å². The van der Waals surface area contributed by atoms with Crippen LogP contribution in [0.3, 0.4) is 0 Å². The highest BCUT2D eigenvalue weighted by Gasteiger charge is 2.44. The number of aliphatic hydroxyl groups excluding tert-OH is 1. The molecule has 0 saturated carbocycles. The van der Waals surface area contributed by atoms with Crippen molar-refractivity contribution >= 4 is 38.6 Å². The zero-order valence-corrected chi connectivity index (χ0v) is 18.8. The van der Waals surface area contributed by atoms with Crippen molar-refractivity contribution in [2.45, 2.75) is 19.4 Å². The highest BCUT2D eigenvalue weighted by Crippen LogP contribution is 2.42. The zero-order chi connectivity index (χ0) is 22.4. The Morgan fingerprint density at radius 2 is 1.91 bits per heavy atom. The van der Waals surface area contributed by atoms with E-state index in [1.165, 1.54) is 4.90 Å². The molecule has 0 bridgehead atoms. The van der Waals surface area contributed by atoms with E-state index in [2.05, 4.69) is 15.9 Å². The van der Waals surface area contributed by atoms with Gasteiger partial charge in [0.15, 0.2) is 23.0 Å². The molecule has 5 rings (SSSR count). The van der Waals surface area contributed by atoms with Gasteiger partial charge in [-0.2, -0.15) is 0 Å². The van der Waals surface area contributed by atoms with E-state index in [9.17, 15) is 14.7 Å². The molecule has 1 atom stereocenters. The van der Waals surface area contributed by atoms with E-state index in [1.54, 1.807) is 30.3 Å². The summed E-state index contributed by atoms with van der Waals surface area (Å²) in [6.07, 6.45) is 0.667.